The Labute approximate surface area is 109 Å². The number of piperazine rings is 1. The largest absolute Gasteiger partial charge is 0.323 e. The molecule has 0 radical (unpaired) electrons. The molecule has 0 bridgehead atoms. The van der Waals surface area contributed by atoms with Gasteiger partial charge in [-0.25, -0.2) is 4.79 Å². The molecular weight excluding hydrogens is 228 g/mol. The minimum absolute atomic E-state index is 0.269. The third-order valence-electron chi connectivity index (χ3n) is 4.46. The van der Waals surface area contributed by atoms with Crippen molar-refractivity contribution in [2.45, 2.75) is 25.3 Å². The summed E-state index contributed by atoms with van der Waals surface area (Å²) in [6.07, 6.45) is 3.71. The molecule has 3 rings (SSSR count). The van der Waals surface area contributed by atoms with E-state index in [0.717, 1.165) is 45.7 Å². The maximum Gasteiger partial charge on any atom is 0.320 e. The van der Waals surface area contributed by atoms with Crippen LogP contribution in [0, 0.1) is 0 Å². The minimum Gasteiger partial charge on any atom is -0.323 e. The van der Waals surface area contributed by atoms with E-state index < -0.39 is 0 Å². The van der Waals surface area contributed by atoms with Gasteiger partial charge in [-0.05, 0) is 25.8 Å². The highest BCUT2D eigenvalue weighted by Crippen LogP contribution is 2.21. The van der Waals surface area contributed by atoms with Crippen LogP contribution in [0.4, 0.5) is 4.79 Å². The Morgan fingerprint density at radius 1 is 0.944 bits per heavy atom. The Kier molecular flexibility index (Phi) is 3.70. The molecule has 102 valence electrons. The van der Waals surface area contributed by atoms with Crippen LogP contribution in [0.3, 0.4) is 0 Å². The van der Waals surface area contributed by atoms with Crippen LogP contribution in [-0.4, -0.2) is 79.1 Å². The lowest BCUT2D eigenvalue weighted by Gasteiger charge is -2.34. The van der Waals surface area contributed by atoms with Crippen molar-refractivity contribution in [3.05, 3.63) is 0 Å². The van der Waals surface area contributed by atoms with Crippen LogP contribution in [0.2, 0.25) is 0 Å². The number of nitrogens with zero attached hydrogens (tertiary/aromatic N) is 3. The SMILES string of the molecule is O=C(N1CCNCC1)N1CCCN2CCCC2C1. The van der Waals surface area contributed by atoms with Crippen molar-refractivity contribution in [2.24, 2.45) is 0 Å². The maximum absolute atomic E-state index is 12.5. The monoisotopic (exact) mass is 252 g/mol. The minimum atomic E-state index is 0.269. The molecule has 1 N–H and O–H groups in total. The predicted octanol–water partition coefficient (Wildman–Crippen LogP) is 0.182. The smallest absolute Gasteiger partial charge is 0.320 e. The van der Waals surface area contributed by atoms with Crippen LogP contribution in [0.1, 0.15) is 19.3 Å². The van der Waals surface area contributed by atoms with Crippen LogP contribution >= 0.6 is 0 Å². The molecule has 5 heteroatoms. The molecule has 0 aromatic rings. The average Bonchev–Trinajstić information content (AvgIpc) is 2.76. The summed E-state index contributed by atoms with van der Waals surface area (Å²) >= 11 is 0. The first-order chi connectivity index (χ1) is 8.84. The number of nitrogens with one attached hydrogen (secondary N) is 1. The highest BCUT2D eigenvalue weighted by Gasteiger charge is 2.32. The second-order valence-electron chi connectivity index (χ2n) is 5.65. The summed E-state index contributed by atoms with van der Waals surface area (Å²) in [5, 5.41) is 3.30. The first-order valence-electron chi connectivity index (χ1n) is 7.33. The highest BCUT2D eigenvalue weighted by atomic mass is 16.2. The standard InChI is InChI=1S/C13H24N4O/c18-13(16-9-4-14-5-10-16)17-8-2-7-15-6-1-3-12(15)11-17/h12,14H,1-11H2. The van der Waals surface area contributed by atoms with Crippen LogP contribution in [0.5, 0.6) is 0 Å². The van der Waals surface area contributed by atoms with Gasteiger partial charge in [0, 0.05) is 51.9 Å². The van der Waals surface area contributed by atoms with Crippen LogP contribution in [0.15, 0.2) is 0 Å². The van der Waals surface area contributed by atoms with Crippen molar-refractivity contribution >= 4 is 6.03 Å². The fourth-order valence-corrected chi connectivity index (χ4v) is 3.44. The summed E-state index contributed by atoms with van der Waals surface area (Å²) in [6, 6.07) is 0.893. The van der Waals surface area contributed by atoms with Crippen LogP contribution < -0.4 is 5.32 Å². The van der Waals surface area contributed by atoms with E-state index >= 15 is 0 Å². The third-order valence-corrected chi connectivity index (χ3v) is 4.46. The van der Waals surface area contributed by atoms with Crippen molar-refractivity contribution in [2.75, 3.05) is 52.4 Å². The van der Waals surface area contributed by atoms with Gasteiger partial charge in [0.25, 0.3) is 0 Å². The van der Waals surface area contributed by atoms with Gasteiger partial charge in [-0.1, -0.05) is 0 Å². The van der Waals surface area contributed by atoms with Crippen LogP contribution in [0.25, 0.3) is 0 Å². The zero-order chi connectivity index (χ0) is 12.4. The molecule has 1 atom stereocenters. The highest BCUT2D eigenvalue weighted by molar-refractivity contribution is 5.74. The summed E-state index contributed by atoms with van der Waals surface area (Å²) < 4.78 is 0. The number of amides is 2. The quantitative estimate of drug-likeness (QED) is 0.668. The molecule has 3 aliphatic heterocycles. The zero-order valence-corrected chi connectivity index (χ0v) is 11.1. The van der Waals surface area contributed by atoms with Gasteiger partial charge >= 0.3 is 6.03 Å². The lowest BCUT2D eigenvalue weighted by molar-refractivity contribution is 0.142. The van der Waals surface area contributed by atoms with E-state index in [1.807, 2.05) is 4.90 Å². The Balaban J connectivity index is 1.61. The van der Waals surface area contributed by atoms with Gasteiger partial charge in [-0.3, -0.25) is 4.90 Å². The fraction of sp³-hybridized carbons (Fsp3) is 0.923. The molecule has 3 heterocycles. The van der Waals surface area contributed by atoms with Crippen molar-refractivity contribution in [3.63, 3.8) is 0 Å². The topological polar surface area (TPSA) is 38.8 Å². The van der Waals surface area contributed by atoms with E-state index in [1.54, 1.807) is 0 Å². The molecule has 0 aromatic heterocycles. The number of urea groups is 1. The number of rotatable bonds is 0. The zero-order valence-electron chi connectivity index (χ0n) is 11.1. The molecule has 0 saturated carbocycles. The molecule has 0 aromatic carbocycles. The van der Waals surface area contributed by atoms with E-state index in [9.17, 15) is 4.79 Å². The molecule has 1 unspecified atom stereocenters. The normalized spacial score (nSPS) is 30.1. The maximum atomic E-state index is 12.5. The van der Waals surface area contributed by atoms with Gasteiger partial charge < -0.3 is 15.1 Å². The van der Waals surface area contributed by atoms with Crippen molar-refractivity contribution in [1.82, 2.24) is 20.0 Å². The van der Waals surface area contributed by atoms with Crippen molar-refractivity contribution in [3.8, 4) is 0 Å². The van der Waals surface area contributed by atoms with Gasteiger partial charge in [0.05, 0.1) is 0 Å². The number of carbonyl (C=O) groups is 1. The average molecular weight is 252 g/mol. The van der Waals surface area contributed by atoms with Gasteiger partial charge in [-0.15, -0.1) is 0 Å². The van der Waals surface area contributed by atoms with Crippen molar-refractivity contribution < 1.29 is 4.79 Å². The Bertz CT molecular complexity index is 303. The fourth-order valence-electron chi connectivity index (χ4n) is 3.44. The van der Waals surface area contributed by atoms with Gasteiger partial charge in [0.2, 0.25) is 0 Å². The number of hydrogen-bond donors (Lipinski definition) is 1. The first kappa shape index (κ1) is 12.2. The number of fused-ring (bicyclic) bond motifs is 1. The number of carbonyl (C=O) groups excluding carboxylic acids is 1. The Hall–Kier alpha value is -0.810. The van der Waals surface area contributed by atoms with E-state index in [-0.39, 0.29) is 6.03 Å². The molecule has 3 fully saturated rings. The molecule has 5 nitrogen and oxygen atoms in total. The van der Waals surface area contributed by atoms with Crippen molar-refractivity contribution in [1.29, 1.82) is 0 Å². The molecule has 3 aliphatic rings. The summed E-state index contributed by atoms with van der Waals surface area (Å²) in [5.74, 6) is 0. The second kappa shape index (κ2) is 5.45. The molecule has 0 spiro atoms. The molecule has 0 aliphatic carbocycles. The summed E-state index contributed by atoms with van der Waals surface area (Å²) in [7, 11) is 0. The van der Waals surface area contributed by atoms with E-state index in [2.05, 4.69) is 15.1 Å². The van der Waals surface area contributed by atoms with Crippen LogP contribution in [-0.2, 0) is 0 Å². The van der Waals surface area contributed by atoms with Gasteiger partial charge in [0.15, 0.2) is 0 Å². The number of hydrogen-bond acceptors (Lipinski definition) is 3. The summed E-state index contributed by atoms with van der Waals surface area (Å²) in [6.45, 7) is 7.91. The van der Waals surface area contributed by atoms with Gasteiger partial charge in [-0.2, -0.15) is 0 Å². The molecular formula is C13H24N4O. The second-order valence-corrected chi connectivity index (χ2v) is 5.65. The Morgan fingerprint density at radius 2 is 1.72 bits per heavy atom. The van der Waals surface area contributed by atoms with E-state index in [4.69, 9.17) is 0 Å². The summed E-state index contributed by atoms with van der Waals surface area (Å²) in [4.78, 5) is 19.2. The Morgan fingerprint density at radius 3 is 2.56 bits per heavy atom. The predicted molar refractivity (Wildman–Crippen MR) is 70.6 cm³/mol. The molecule has 3 saturated heterocycles. The third kappa shape index (κ3) is 2.47. The lowest BCUT2D eigenvalue weighted by atomic mass is 10.2. The summed E-state index contributed by atoms with van der Waals surface area (Å²) in [5.41, 5.74) is 0. The lowest BCUT2D eigenvalue weighted by Crippen LogP contribution is -2.52. The van der Waals surface area contributed by atoms with E-state index in [0.29, 0.717) is 6.04 Å². The molecule has 18 heavy (non-hydrogen) atoms. The first-order valence-corrected chi connectivity index (χ1v) is 7.33. The molecule has 2 amide bonds. The van der Waals surface area contributed by atoms with Gasteiger partial charge in [0.1, 0.15) is 0 Å². The van der Waals surface area contributed by atoms with E-state index in [1.165, 1.54) is 25.9 Å².